The Hall–Kier alpha value is -2.90. The van der Waals surface area contributed by atoms with E-state index in [0.717, 1.165) is 0 Å². The van der Waals surface area contributed by atoms with Gasteiger partial charge >= 0.3 is 11.8 Å². The van der Waals surface area contributed by atoms with Crippen molar-refractivity contribution in [3.05, 3.63) is 44.7 Å². The summed E-state index contributed by atoms with van der Waals surface area (Å²) in [5.41, 5.74) is 7.63. The van der Waals surface area contributed by atoms with Gasteiger partial charge in [0, 0.05) is 0 Å². The number of urea groups is 1. The van der Waals surface area contributed by atoms with Crippen LogP contribution in [-0.2, 0) is 0 Å². The first-order valence-corrected chi connectivity index (χ1v) is 5.24. The molecule has 0 radical (unpaired) electrons. The highest BCUT2D eigenvalue weighted by Crippen LogP contribution is 2.11. The van der Waals surface area contributed by atoms with Crippen LogP contribution in [-0.4, -0.2) is 16.7 Å². The number of hydrogen-bond acceptors (Lipinski definition) is 5. The molecule has 0 bridgehead atoms. The third-order valence-corrected chi connectivity index (χ3v) is 2.39. The summed E-state index contributed by atoms with van der Waals surface area (Å²) >= 11 is 0. The maximum Gasteiger partial charge on any atom is 0.419 e. The van der Waals surface area contributed by atoms with Gasteiger partial charge in [-0.15, -0.1) is 0 Å². The number of nitrogens with zero attached hydrogens (tertiary/aromatic N) is 1. The van der Waals surface area contributed by atoms with Crippen LogP contribution in [0.3, 0.4) is 0 Å². The van der Waals surface area contributed by atoms with Crippen LogP contribution in [0.1, 0.15) is 12.5 Å². The van der Waals surface area contributed by atoms with Gasteiger partial charge in [-0.05, 0) is 30.7 Å². The Morgan fingerprint density at radius 1 is 1.42 bits per heavy atom. The van der Waals surface area contributed by atoms with Crippen molar-refractivity contribution in [3.63, 3.8) is 0 Å². The average Bonchev–Trinajstić information content (AvgIpc) is 2.35. The lowest BCUT2D eigenvalue weighted by molar-refractivity contribution is 0.249. The number of hydrogen-bond donors (Lipinski definition) is 3. The minimum absolute atomic E-state index is 0.174. The Morgan fingerprint density at radius 2 is 2.16 bits per heavy atom. The van der Waals surface area contributed by atoms with Gasteiger partial charge in [0.15, 0.2) is 0 Å². The molecule has 0 atom stereocenters. The fourth-order valence-electron chi connectivity index (χ4n) is 1.51. The molecule has 8 nitrogen and oxygen atoms in total. The molecule has 1 heterocycles. The van der Waals surface area contributed by atoms with E-state index in [1.807, 2.05) is 4.98 Å². The van der Waals surface area contributed by atoms with Gasteiger partial charge in [-0.3, -0.25) is 9.78 Å². The van der Waals surface area contributed by atoms with Crippen LogP contribution in [0.2, 0.25) is 0 Å². The van der Waals surface area contributed by atoms with Crippen molar-refractivity contribution in [1.82, 2.24) is 10.4 Å². The highest BCUT2D eigenvalue weighted by molar-refractivity contribution is 6.01. The molecular formula is C11H10N4O4. The molecule has 1 aromatic heterocycles. The van der Waals surface area contributed by atoms with Crippen molar-refractivity contribution < 1.29 is 9.21 Å². The third-order valence-electron chi connectivity index (χ3n) is 2.39. The van der Waals surface area contributed by atoms with E-state index in [9.17, 15) is 14.4 Å². The Morgan fingerprint density at radius 3 is 2.84 bits per heavy atom. The average molecular weight is 262 g/mol. The van der Waals surface area contributed by atoms with E-state index in [1.54, 1.807) is 13.0 Å². The molecule has 2 amide bonds. The molecule has 0 aliphatic carbocycles. The van der Waals surface area contributed by atoms with Crippen LogP contribution >= 0.6 is 0 Å². The molecule has 0 fully saturated rings. The van der Waals surface area contributed by atoms with Gasteiger partial charge in [0.1, 0.15) is 5.58 Å². The zero-order chi connectivity index (χ0) is 14.0. The van der Waals surface area contributed by atoms with Gasteiger partial charge in [-0.1, -0.05) is 0 Å². The van der Waals surface area contributed by atoms with Crippen molar-refractivity contribution in [1.29, 1.82) is 0 Å². The van der Waals surface area contributed by atoms with Crippen molar-refractivity contribution >= 4 is 22.7 Å². The number of carbonyl (C=O) groups is 1. The number of nitrogens with one attached hydrogen (secondary N) is 2. The number of aromatic nitrogens is 1. The maximum atomic E-state index is 11.6. The Kier molecular flexibility index (Phi) is 3.15. The summed E-state index contributed by atoms with van der Waals surface area (Å²) in [5, 5.41) is 3.95. The number of amides is 2. The number of fused-ring (bicyclic) bond motifs is 1. The van der Waals surface area contributed by atoms with Crippen molar-refractivity contribution in [2.75, 3.05) is 0 Å². The van der Waals surface area contributed by atoms with Crippen LogP contribution in [0.5, 0.6) is 0 Å². The predicted molar refractivity (Wildman–Crippen MR) is 68.0 cm³/mol. The molecule has 0 aliphatic rings. The van der Waals surface area contributed by atoms with Gasteiger partial charge in [0.25, 0.3) is 5.56 Å². The summed E-state index contributed by atoms with van der Waals surface area (Å²) in [6.07, 6.45) is 0. The van der Waals surface area contributed by atoms with Gasteiger partial charge in [-0.25, -0.2) is 15.0 Å². The van der Waals surface area contributed by atoms with E-state index < -0.39 is 17.3 Å². The number of aromatic amines is 1. The molecule has 8 heteroatoms. The first-order chi connectivity index (χ1) is 8.97. The fourth-order valence-corrected chi connectivity index (χ4v) is 1.51. The lowest BCUT2D eigenvalue weighted by Crippen LogP contribution is -2.25. The standard InChI is InChI=1S/C11H10N4O4/c1-5(14-15-10(12)17)6-2-3-8-7(4-6)9(16)13-11(18)19-8/h2-4H,1H3,(H3,12,15,17)(H,13,16,18)/b14-5-. The molecule has 0 saturated heterocycles. The van der Waals surface area contributed by atoms with E-state index in [0.29, 0.717) is 11.3 Å². The van der Waals surface area contributed by atoms with Crippen molar-refractivity contribution in [3.8, 4) is 0 Å². The largest absolute Gasteiger partial charge is 0.419 e. The van der Waals surface area contributed by atoms with E-state index >= 15 is 0 Å². The van der Waals surface area contributed by atoms with Crippen LogP contribution in [0.25, 0.3) is 11.0 Å². The Labute approximate surface area is 105 Å². The fraction of sp³-hybridized carbons (Fsp3) is 0.0909. The number of hydrazone groups is 1. The second-order valence-corrected chi connectivity index (χ2v) is 3.73. The normalized spacial score (nSPS) is 11.5. The smallest absolute Gasteiger partial charge is 0.409 e. The third kappa shape index (κ3) is 2.68. The van der Waals surface area contributed by atoms with Crippen LogP contribution in [0.15, 0.2) is 37.3 Å². The summed E-state index contributed by atoms with van der Waals surface area (Å²) < 4.78 is 4.83. The minimum atomic E-state index is -0.814. The van der Waals surface area contributed by atoms with Crippen LogP contribution in [0, 0.1) is 0 Å². The van der Waals surface area contributed by atoms with Gasteiger partial charge in [0.05, 0.1) is 11.1 Å². The highest BCUT2D eigenvalue weighted by atomic mass is 16.4. The molecule has 0 spiro atoms. The zero-order valence-electron chi connectivity index (χ0n) is 9.89. The minimum Gasteiger partial charge on any atom is -0.409 e. The van der Waals surface area contributed by atoms with E-state index in [1.165, 1.54) is 12.1 Å². The summed E-state index contributed by atoms with van der Waals surface area (Å²) in [7, 11) is 0. The molecule has 1 aromatic carbocycles. The molecule has 0 saturated carbocycles. The van der Waals surface area contributed by atoms with E-state index in [2.05, 4.69) is 10.5 Å². The van der Waals surface area contributed by atoms with Crippen molar-refractivity contribution in [2.24, 2.45) is 10.8 Å². The summed E-state index contributed by atoms with van der Waals surface area (Å²) in [6, 6.07) is 3.79. The van der Waals surface area contributed by atoms with Gasteiger partial charge < -0.3 is 10.2 Å². The molecule has 4 N–H and O–H groups in total. The van der Waals surface area contributed by atoms with Gasteiger partial charge in [-0.2, -0.15) is 5.10 Å². The summed E-state index contributed by atoms with van der Waals surface area (Å²) in [6.45, 7) is 1.63. The molecule has 0 unspecified atom stereocenters. The number of primary amides is 1. The second kappa shape index (κ2) is 4.77. The van der Waals surface area contributed by atoms with E-state index in [4.69, 9.17) is 10.2 Å². The molecule has 19 heavy (non-hydrogen) atoms. The molecular weight excluding hydrogens is 252 g/mol. The van der Waals surface area contributed by atoms with Gasteiger partial charge in [0.2, 0.25) is 0 Å². The van der Waals surface area contributed by atoms with Crippen LogP contribution in [0.4, 0.5) is 4.79 Å². The molecule has 2 aromatic rings. The number of benzene rings is 1. The lowest BCUT2D eigenvalue weighted by Gasteiger charge is -2.02. The zero-order valence-corrected chi connectivity index (χ0v) is 9.89. The number of rotatable bonds is 2. The number of nitrogens with two attached hydrogens (primary N) is 1. The summed E-state index contributed by atoms with van der Waals surface area (Å²) in [5.74, 6) is -0.814. The first-order valence-electron chi connectivity index (χ1n) is 5.24. The number of carbonyl (C=O) groups excluding carboxylic acids is 1. The molecule has 98 valence electrons. The monoisotopic (exact) mass is 262 g/mol. The van der Waals surface area contributed by atoms with E-state index in [-0.39, 0.29) is 11.0 Å². The molecule has 2 rings (SSSR count). The molecule has 0 aliphatic heterocycles. The SMILES string of the molecule is C/C(=N/NC(N)=O)c1ccc2oc(=O)[nH]c(=O)c2c1. The lowest BCUT2D eigenvalue weighted by atomic mass is 10.1. The Bertz CT molecular complexity index is 787. The highest BCUT2D eigenvalue weighted by Gasteiger charge is 2.06. The van der Waals surface area contributed by atoms with Crippen molar-refractivity contribution in [2.45, 2.75) is 6.92 Å². The maximum absolute atomic E-state index is 11.6. The topological polar surface area (TPSA) is 131 Å². The second-order valence-electron chi connectivity index (χ2n) is 3.73. The quantitative estimate of drug-likeness (QED) is 0.514. The Balaban J connectivity index is 2.53. The predicted octanol–water partition coefficient (Wildman–Crippen LogP) is -0.126. The first kappa shape index (κ1) is 12.6. The summed E-state index contributed by atoms with van der Waals surface area (Å²) in [4.78, 5) is 35.1. The number of H-pyrrole nitrogens is 1. The van der Waals surface area contributed by atoms with Crippen LogP contribution < -0.4 is 22.5 Å².